The van der Waals surface area contributed by atoms with Crippen LogP contribution in [0.1, 0.15) is 39.0 Å². The molecule has 0 atom stereocenters. The average molecular weight is 166 g/mol. The highest BCUT2D eigenvalue weighted by molar-refractivity contribution is 4.87. The highest BCUT2D eigenvalue weighted by atomic mass is 19.3. The SMILES string of the molecule is CCC1(F)CCC(F)(F)CC1. The van der Waals surface area contributed by atoms with E-state index in [1.165, 1.54) is 0 Å². The number of hydrogen-bond donors (Lipinski definition) is 0. The summed E-state index contributed by atoms with van der Waals surface area (Å²) in [5.41, 5.74) is -1.30. The summed E-state index contributed by atoms with van der Waals surface area (Å²) in [4.78, 5) is 0. The largest absolute Gasteiger partial charge is 0.248 e. The van der Waals surface area contributed by atoms with Crippen molar-refractivity contribution in [2.45, 2.75) is 50.6 Å². The molecule has 3 heteroatoms. The van der Waals surface area contributed by atoms with E-state index in [4.69, 9.17) is 0 Å². The van der Waals surface area contributed by atoms with Gasteiger partial charge >= 0.3 is 0 Å². The first kappa shape index (κ1) is 8.88. The molecule has 0 amide bonds. The van der Waals surface area contributed by atoms with Crippen molar-refractivity contribution in [1.29, 1.82) is 0 Å². The number of rotatable bonds is 1. The van der Waals surface area contributed by atoms with E-state index in [9.17, 15) is 13.2 Å². The third kappa shape index (κ3) is 2.11. The van der Waals surface area contributed by atoms with Crippen LogP contribution in [0.4, 0.5) is 13.2 Å². The van der Waals surface area contributed by atoms with Gasteiger partial charge in [-0.25, -0.2) is 13.2 Å². The monoisotopic (exact) mass is 166 g/mol. The van der Waals surface area contributed by atoms with Crippen LogP contribution in [-0.4, -0.2) is 11.6 Å². The first-order valence-electron chi connectivity index (χ1n) is 4.04. The quantitative estimate of drug-likeness (QED) is 0.560. The Labute approximate surface area is 64.8 Å². The molecule has 1 saturated carbocycles. The van der Waals surface area contributed by atoms with Crippen LogP contribution in [0.3, 0.4) is 0 Å². The zero-order valence-corrected chi connectivity index (χ0v) is 6.67. The van der Waals surface area contributed by atoms with Crippen LogP contribution in [0.15, 0.2) is 0 Å². The third-order valence-electron chi connectivity index (χ3n) is 2.51. The maximum absolute atomic E-state index is 13.3. The lowest BCUT2D eigenvalue weighted by molar-refractivity contribution is -0.0762. The van der Waals surface area contributed by atoms with Crippen LogP contribution in [-0.2, 0) is 0 Å². The Kier molecular flexibility index (Phi) is 2.17. The van der Waals surface area contributed by atoms with Gasteiger partial charge in [-0.15, -0.1) is 0 Å². The van der Waals surface area contributed by atoms with Crippen molar-refractivity contribution >= 4 is 0 Å². The standard InChI is InChI=1S/C8H13F3/c1-2-7(9)3-5-8(10,11)6-4-7/h2-6H2,1H3. The first-order chi connectivity index (χ1) is 4.97. The van der Waals surface area contributed by atoms with Gasteiger partial charge in [0.2, 0.25) is 5.92 Å². The second-order valence-electron chi connectivity index (χ2n) is 3.36. The summed E-state index contributed by atoms with van der Waals surface area (Å²) >= 11 is 0. The summed E-state index contributed by atoms with van der Waals surface area (Å²) in [5.74, 6) is -2.61. The Morgan fingerprint density at radius 1 is 1.00 bits per heavy atom. The normalized spacial score (nSPS) is 28.4. The smallest absolute Gasteiger partial charge is 0.244 e. The Morgan fingerprint density at radius 2 is 1.45 bits per heavy atom. The van der Waals surface area contributed by atoms with Gasteiger partial charge in [0.15, 0.2) is 0 Å². The molecule has 1 rings (SSSR count). The summed E-state index contributed by atoms with van der Waals surface area (Å²) < 4.78 is 38.3. The maximum atomic E-state index is 13.3. The zero-order valence-electron chi connectivity index (χ0n) is 6.67. The van der Waals surface area contributed by atoms with Crippen LogP contribution < -0.4 is 0 Å². The topological polar surface area (TPSA) is 0 Å². The number of halogens is 3. The molecule has 0 heterocycles. The van der Waals surface area contributed by atoms with Gasteiger partial charge in [0.05, 0.1) is 0 Å². The molecule has 0 aromatic rings. The Hall–Kier alpha value is -0.210. The predicted octanol–water partition coefficient (Wildman–Crippen LogP) is 3.31. The highest BCUT2D eigenvalue weighted by Crippen LogP contribution is 2.41. The molecule has 0 aromatic carbocycles. The van der Waals surface area contributed by atoms with Gasteiger partial charge in [0, 0.05) is 12.8 Å². The molecule has 0 bridgehead atoms. The molecule has 11 heavy (non-hydrogen) atoms. The minimum atomic E-state index is -2.61. The van der Waals surface area contributed by atoms with Crippen LogP contribution in [0, 0.1) is 0 Å². The Balaban J connectivity index is 2.48. The molecule has 1 aliphatic rings. The molecule has 0 radical (unpaired) electrons. The fraction of sp³-hybridized carbons (Fsp3) is 1.00. The molecule has 0 saturated heterocycles. The zero-order chi connectivity index (χ0) is 8.54. The van der Waals surface area contributed by atoms with Crippen molar-refractivity contribution in [3.05, 3.63) is 0 Å². The molecule has 0 nitrogen and oxygen atoms in total. The Bertz CT molecular complexity index is 132. The van der Waals surface area contributed by atoms with E-state index in [1.807, 2.05) is 0 Å². The van der Waals surface area contributed by atoms with Crippen LogP contribution in [0.25, 0.3) is 0 Å². The second-order valence-corrected chi connectivity index (χ2v) is 3.36. The van der Waals surface area contributed by atoms with Crippen molar-refractivity contribution in [2.24, 2.45) is 0 Å². The van der Waals surface area contributed by atoms with E-state index < -0.39 is 11.6 Å². The summed E-state index contributed by atoms with van der Waals surface area (Å²) in [6.45, 7) is 1.71. The van der Waals surface area contributed by atoms with Gasteiger partial charge in [-0.1, -0.05) is 6.92 Å². The van der Waals surface area contributed by atoms with Crippen LogP contribution >= 0.6 is 0 Å². The second kappa shape index (κ2) is 2.68. The molecule has 0 spiro atoms. The lowest BCUT2D eigenvalue weighted by Crippen LogP contribution is -2.34. The molecule has 66 valence electrons. The van der Waals surface area contributed by atoms with Crippen molar-refractivity contribution < 1.29 is 13.2 Å². The lowest BCUT2D eigenvalue weighted by atomic mass is 9.83. The van der Waals surface area contributed by atoms with Gasteiger partial charge in [0.25, 0.3) is 0 Å². The van der Waals surface area contributed by atoms with E-state index >= 15 is 0 Å². The van der Waals surface area contributed by atoms with E-state index in [1.54, 1.807) is 6.92 Å². The van der Waals surface area contributed by atoms with E-state index in [2.05, 4.69) is 0 Å². The maximum Gasteiger partial charge on any atom is 0.248 e. The van der Waals surface area contributed by atoms with Crippen LogP contribution in [0.5, 0.6) is 0 Å². The van der Waals surface area contributed by atoms with Gasteiger partial charge in [-0.05, 0) is 19.3 Å². The molecular weight excluding hydrogens is 153 g/mol. The summed E-state index contributed by atoms with van der Waals surface area (Å²) in [6.07, 6.45) is -0.148. The third-order valence-corrected chi connectivity index (χ3v) is 2.51. The fourth-order valence-electron chi connectivity index (χ4n) is 1.42. The predicted molar refractivity (Wildman–Crippen MR) is 37.5 cm³/mol. The fourth-order valence-corrected chi connectivity index (χ4v) is 1.42. The minimum Gasteiger partial charge on any atom is -0.244 e. The van der Waals surface area contributed by atoms with E-state index in [0.717, 1.165) is 0 Å². The molecular formula is C8H13F3. The molecule has 0 unspecified atom stereocenters. The van der Waals surface area contributed by atoms with Crippen molar-refractivity contribution in [3.63, 3.8) is 0 Å². The van der Waals surface area contributed by atoms with Gasteiger partial charge in [-0.2, -0.15) is 0 Å². The van der Waals surface area contributed by atoms with Gasteiger partial charge < -0.3 is 0 Å². The summed E-state index contributed by atoms with van der Waals surface area (Å²) in [6, 6.07) is 0. The summed E-state index contributed by atoms with van der Waals surface area (Å²) in [5, 5.41) is 0. The van der Waals surface area contributed by atoms with Crippen molar-refractivity contribution in [3.8, 4) is 0 Å². The molecule has 1 aliphatic carbocycles. The average Bonchev–Trinajstić information content (AvgIpc) is 1.97. The molecule has 0 aromatic heterocycles. The number of hydrogen-bond acceptors (Lipinski definition) is 0. The van der Waals surface area contributed by atoms with E-state index in [-0.39, 0.29) is 25.7 Å². The number of alkyl halides is 3. The summed E-state index contributed by atoms with van der Waals surface area (Å²) in [7, 11) is 0. The van der Waals surface area contributed by atoms with E-state index in [0.29, 0.717) is 6.42 Å². The van der Waals surface area contributed by atoms with Crippen molar-refractivity contribution in [2.75, 3.05) is 0 Å². The molecule has 0 aliphatic heterocycles. The highest BCUT2D eigenvalue weighted by Gasteiger charge is 2.42. The first-order valence-corrected chi connectivity index (χ1v) is 4.04. The van der Waals surface area contributed by atoms with Gasteiger partial charge in [-0.3, -0.25) is 0 Å². The van der Waals surface area contributed by atoms with Crippen molar-refractivity contribution in [1.82, 2.24) is 0 Å². The molecule has 1 fully saturated rings. The Morgan fingerprint density at radius 3 is 1.82 bits per heavy atom. The van der Waals surface area contributed by atoms with Gasteiger partial charge in [0.1, 0.15) is 5.67 Å². The molecule has 0 N–H and O–H groups in total. The lowest BCUT2D eigenvalue weighted by Gasteiger charge is -2.32. The van der Waals surface area contributed by atoms with Crippen LogP contribution in [0.2, 0.25) is 0 Å². The minimum absolute atomic E-state index is 0.0243.